The van der Waals surface area contributed by atoms with Crippen LogP contribution in [0.2, 0.25) is 0 Å². The molecule has 0 spiro atoms. The molecule has 166 valence electrons. The summed E-state index contributed by atoms with van der Waals surface area (Å²) in [7, 11) is 2.09. The zero-order chi connectivity index (χ0) is 22.5. The lowest BCUT2D eigenvalue weighted by Gasteiger charge is -2.31. The lowest BCUT2D eigenvalue weighted by molar-refractivity contribution is -0.117. The lowest BCUT2D eigenvalue weighted by atomic mass is 10.0. The number of carbonyl (C=O) groups excluding carboxylic acids is 2. The van der Waals surface area contributed by atoms with Gasteiger partial charge < -0.3 is 15.5 Å². The van der Waals surface area contributed by atoms with Crippen LogP contribution in [0.5, 0.6) is 0 Å². The molecule has 1 fully saturated rings. The predicted molar refractivity (Wildman–Crippen MR) is 129 cm³/mol. The summed E-state index contributed by atoms with van der Waals surface area (Å²) < 4.78 is 0. The van der Waals surface area contributed by atoms with E-state index in [1.165, 1.54) is 0 Å². The Bertz CT molecular complexity index is 1110. The van der Waals surface area contributed by atoms with Gasteiger partial charge in [0.15, 0.2) is 0 Å². The van der Waals surface area contributed by atoms with Crippen LogP contribution in [0.3, 0.4) is 0 Å². The van der Waals surface area contributed by atoms with Gasteiger partial charge in [-0.1, -0.05) is 48.5 Å². The fourth-order valence-electron chi connectivity index (χ4n) is 4.07. The number of piperazine rings is 1. The Hall–Kier alpha value is -3.22. The molecule has 1 saturated heterocycles. The number of nitrogens with zero attached hydrogens (tertiary/aromatic N) is 2. The van der Waals surface area contributed by atoms with E-state index in [0.29, 0.717) is 24.3 Å². The lowest BCUT2D eigenvalue weighted by Crippen LogP contribution is -2.47. The maximum Gasteiger partial charge on any atom is 0.251 e. The first kappa shape index (κ1) is 22.0. The van der Waals surface area contributed by atoms with Crippen LogP contribution in [0, 0.1) is 6.92 Å². The van der Waals surface area contributed by atoms with E-state index in [-0.39, 0.29) is 11.8 Å². The largest absolute Gasteiger partial charge is 0.348 e. The molecular weight excluding hydrogens is 400 g/mol. The molecule has 6 heteroatoms. The van der Waals surface area contributed by atoms with Crippen LogP contribution in [0.4, 0.5) is 5.69 Å². The van der Waals surface area contributed by atoms with Gasteiger partial charge in [0.1, 0.15) is 0 Å². The minimum Gasteiger partial charge on any atom is -0.348 e. The zero-order valence-corrected chi connectivity index (χ0v) is 18.7. The quantitative estimate of drug-likeness (QED) is 0.630. The van der Waals surface area contributed by atoms with Crippen molar-refractivity contribution in [1.29, 1.82) is 0 Å². The second-order valence-electron chi connectivity index (χ2n) is 8.48. The van der Waals surface area contributed by atoms with Crippen LogP contribution in [0.25, 0.3) is 10.8 Å². The van der Waals surface area contributed by atoms with E-state index in [4.69, 9.17) is 0 Å². The normalized spacial score (nSPS) is 14.9. The summed E-state index contributed by atoms with van der Waals surface area (Å²) in [6, 6.07) is 19.7. The average molecular weight is 431 g/mol. The van der Waals surface area contributed by atoms with Crippen molar-refractivity contribution in [1.82, 2.24) is 15.1 Å². The minimum atomic E-state index is -0.148. The Balaban J connectivity index is 1.39. The summed E-state index contributed by atoms with van der Waals surface area (Å²) in [5.41, 5.74) is 3.16. The van der Waals surface area contributed by atoms with Crippen molar-refractivity contribution in [3.63, 3.8) is 0 Å². The maximum absolute atomic E-state index is 12.9. The number of rotatable bonds is 6. The highest BCUT2D eigenvalue weighted by molar-refractivity contribution is 5.99. The van der Waals surface area contributed by atoms with Gasteiger partial charge in [0.2, 0.25) is 5.91 Å². The first-order valence-electron chi connectivity index (χ1n) is 11.1. The maximum atomic E-state index is 12.9. The van der Waals surface area contributed by atoms with E-state index < -0.39 is 0 Å². The van der Waals surface area contributed by atoms with Crippen molar-refractivity contribution in [2.45, 2.75) is 13.5 Å². The molecule has 3 aromatic carbocycles. The Kier molecular flexibility index (Phi) is 6.83. The minimum absolute atomic E-state index is 0.0551. The van der Waals surface area contributed by atoms with Crippen LogP contribution in [-0.4, -0.2) is 61.4 Å². The summed E-state index contributed by atoms with van der Waals surface area (Å²) in [6.45, 7) is 6.43. The third-order valence-corrected chi connectivity index (χ3v) is 6.05. The Morgan fingerprint density at radius 1 is 0.938 bits per heavy atom. The van der Waals surface area contributed by atoms with Gasteiger partial charge in [-0.05, 0) is 48.0 Å². The number of likely N-dealkylation sites (N-methyl/N-ethyl adjacent to an activating group) is 1. The topological polar surface area (TPSA) is 64.7 Å². The molecule has 1 heterocycles. The Morgan fingerprint density at radius 2 is 1.69 bits per heavy atom. The summed E-state index contributed by atoms with van der Waals surface area (Å²) in [5, 5.41) is 8.27. The molecule has 1 aliphatic heterocycles. The second kappa shape index (κ2) is 9.94. The number of fused-ring (bicyclic) bond motifs is 1. The molecule has 0 aliphatic carbocycles. The highest BCUT2D eigenvalue weighted by Gasteiger charge is 2.17. The molecule has 6 nitrogen and oxygen atoms in total. The molecule has 0 atom stereocenters. The van der Waals surface area contributed by atoms with E-state index in [1.807, 2.05) is 43.3 Å². The number of anilines is 1. The number of nitrogens with one attached hydrogen (secondary N) is 2. The van der Waals surface area contributed by atoms with Crippen LogP contribution < -0.4 is 10.6 Å². The van der Waals surface area contributed by atoms with Crippen molar-refractivity contribution in [2.24, 2.45) is 0 Å². The highest BCUT2D eigenvalue weighted by atomic mass is 16.2. The van der Waals surface area contributed by atoms with Gasteiger partial charge in [0.25, 0.3) is 5.91 Å². The van der Waals surface area contributed by atoms with Gasteiger partial charge in [-0.25, -0.2) is 0 Å². The number of carbonyl (C=O) groups is 2. The molecule has 1 aliphatic rings. The molecule has 0 aromatic heterocycles. The smallest absolute Gasteiger partial charge is 0.251 e. The molecule has 0 radical (unpaired) electrons. The predicted octanol–water partition coefficient (Wildman–Crippen LogP) is 3.26. The SMILES string of the molecule is Cc1ccc(NC(=O)CN2CCN(C)CC2)cc1C(=O)NCc1cccc2ccccc12. The van der Waals surface area contributed by atoms with Crippen LogP contribution >= 0.6 is 0 Å². The Morgan fingerprint density at radius 3 is 2.50 bits per heavy atom. The van der Waals surface area contributed by atoms with E-state index >= 15 is 0 Å². The number of hydrogen-bond acceptors (Lipinski definition) is 4. The van der Waals surface area contributed by atoms with Gasteiger partial charge in [-0.3, -0.25) is 14.5 Å². The van der Waals surface area contributed by atoms with Crippen molar-refractivity contribution in [2.75, 3.05) is 45.1 Å². The first-order valence-corrected chi connectivity index (χ1v) is 11.1. The van der Waals surface area contributed by atoms with E-state index in [0.717, 1.165) is 48.1 Å². The number of benzene rings is 3. The molecule has 4 rings (SSSR count). The Labute approximate surface area is 189 Å². The zero-order valence-electron chi connectivity index (χ0n) is 18.7. The van der Waals surface area contributed by atoms with Gasteiger partial charge >= 0.3 is 0 Å². The van der Waals surface area contributed by atoms with Crippen LogP contribution in [0.15, 0.2) is 60.7 Å². The molecule has 0 bridgehead atoms. The number of hydrogen-bond donors (Lipinski definition) is 2. The molecule has 2 N–H and O–H groups in total. The summed E-state index contributed by atoms with van der Waals surface area (Å²) in [5.74, 6) is -0.203. The molecule has 0 saturated carbocycles. The van der Waals surface area contributed by atoms with Gasteiger partial charge in [0.05, 0.1) is 6.54 Å². The van der Waals surface area contributed by atoms with Crippen molar-refractivity contribution in [3.05, 3.63) is 77.4 Å². The summed E-state index contributed by atoms with van der Waals surface area (Å²) in [6.07, 6.45) is 0. The standard InChI is InChI=1S/C26H30N4O2/c1-19-10-11-22(28-25(31)18-30-14-12-29(2)13-15-30)16-24(19)26(32)27-17-21-8-5-7-20-6-3-4-9-23(20)21/h3-11,16H,12-15,17-18H2,1-2H3,(H,27,32)(H,28,31). The van der Waals surface area contributed by atoms with Crippen molar-refractivity contribution < 1.29 is 9.59 Å². The van der Waals surface area contributed by atoms with Crippen LogP contribution in [0.1, 0.15) is 21.5 Å². The van der Waals surface area contributed by atoms with Gasteiger partial charge in [-0.15, -0.1) is 0 Å². The molecule has 3 aromatic rings. The fourth-order valence-corrected chi connectivity index (χ4v) is 4.07. The summed E-state index contributed by atoms with van der Waals surface area (Å²) >= 11 is 0. The molecule has 32 heavy (non-hydrogen) atoms. The van der Waals surface area contributed by atoms with E-state index in [2.05, 4.69) is 45.7 Å². The van der Waals surface area contributed by atoms with Crippen molar-refractivity contribution in [3.8, 4) is 0 Å². The van der Waals surface area contributed by atoms with Gasteiger partial charge in [-0.2, -0.15) is 0 Å². The number of amides is 2. The summed E-state index contributed by atoms with van der Waals surface area (Å²) in [4.78, 5) is 29.8. The van der Waals surface area contributed by atoms with E-state index in [9.17, 15) is 9.59 Å². The highest BCUT2D eigenvalue weighted by Crippen LogP contribution is 2.19. The molecule has 2 amide bonds. The van der Waals surface area contributed by atoms with Crippen LogP contribution in [-0.2, 0) is 11.3 Å². The third-order valence-electron chi connectivity index (χ3n) is 6.05. The first-order chi connectivity index (χ1) is 15.5. The van der Waals surface area contributed by atoms with Crippen molar-refractivity contribution >= 4 is 28.3 Å². The monoisotopic (exact) mass is 430 g/mol. The van der Waals surface area contributed by atoms with E-state index in [1.54, 1.807) is 6.07 Å². The second-order valence-corrected chi connectivity index (χ2v) is 8.48. The average Bonchev–Trinajstić information content (AvgIpc) is 2.80. The fraction of sp³-hybridized carbons (Fsp3) is 0.308. The van der Waals surface area contributed by atoms with Gasteiger partial charge in [0, 0.05) is 44.0 Å². The number of aryl methyl sites for hydroxylation is 1. The molecule has 0 unspecified atom stereocenters. The third kappa shape index (κ3) is 5.33. The molecular formula is C26H30N4O2.